The average molecular weight is 226 g/mol. The van der Waals surface area contributed by atoms with E-state index < -0.39 is 0 Å². The first-order chi connectivity index (χ1) is 7.69. The lowest BCUT2D eigenvalue weighted by atomic mass is 9.90. The van der Waals surface area contributed by atoms with Crippen molar-refractivity contribution in [1.29, 1.82) is 0 Å². The summed E-state index contributed by atoms with van der Waals surface area (Å²) in [5.74, 6) is 0.103. The van der Waals surface area contributed by atoms with Gasteiger partial charge in [-0.1, -0.05) is 6.58 Å². The minimum absolute atomic E-state index is 0.103. The molecule has 1 unspecified atom stereocenters. The van der Waals surface area contributed by atoms with Crippen molar-refractivity contribution < 1.29 is 9.53 Å². The van der Waals surface area contributed by atoms with Crippen molar-refractivity contribution in [3.63, 3.8) is 0 Å². The predicted octanol–water partition coefficient (Wildman–Crippen LogP) is 1.18. The number of carbonyl (C=O) groups is 1. The van der Waals surface area contributed by atoms with Crippen LogP contribution < -0.4 is 10.6 Å². The molecule has 1 aliphatic heterocycles. The average Bonchev–Trinajstić information content (AvgIpc) is 2.29. The Bertz CT molecular complexity index is 235. The zero-order valence-corrected chi connectivity index (χ0v) is 10.1. The number of amides is 1. The third-order valence-corrected chi connectivity index (χ3v) is 2.96. The van der Waals surface area contributed by atoms with E-state index in [1.165, 1.54) is 6.26 Å². The van der Waals surface area contributed by atoms with Crippen molar-refractivity contribution in [1.82, 2.24) is 10.6 Å². The second-order valence-electron chi connectivity index (χ2n) is 4.36. The first-order valence-corrected chi connectivity index (χ1v) is 5.95. The van der Waals surface area contributed by atoms with Gasteiger partial charge >= 0.3 is 0 Å². The molecule has 0 saturated carbocycles. The number of hydrogen-bond donors (Lipinski definition) is 2. The molecule has 4 nitrogen and oxygen atoms in total. The fraction of sp³-hybridized carbons (Fsp3) is 0.750. The number of hydrogen-bond acceptors (Lipinski definition) is 3. The Labute approximate surface area is 97.4 Å². The van der Waals surface area contributed by atoms with Gasteiger partial charge in [-0.3, -0.25) is 4.79 Å². The minimum atomic E-state index is -0.377. The van der Waals surface area contributed by atoms with Crippen molar-refractivity contribution in [3.05, 3.63) is 12.8 Å². The summed E-state index contributed by atoms with van der Waals surface area (Å²) in [7, 11) is 0. The Morgan fingerprint density at radius 3 is 3.06 bits per heavy atom. The second kappa shape index (κ2) is 6.53. The SMILES string of the molecule is C=COCCCNC(=O)C1(C)CCCCN1. The molecule has 2 N–H and O–H groups in total. The quantitative estimate of drug-likeness (QED) is 0.528. The summed E-state index contributed by atoms with van der Waals surface area (Å²) < 4.78 is 4.98. The molecule has 0 spiro atoms. The number of ether oxygens (including phenoxy) is 1. The highest BCUT2D eigenvalue weighted by Crippen LogP contribution is 2.18. The van der Waals surface area contributed by atoms with Gasteiger partial charge in [0.05, 0.1) is 18.4 Å². The van der Waals surface area contributed by atoms with Gasteiger partial charge in [0.1, 0.15) is 0 Å². The van der Waals surface area contributed by atoms with Gasteiger partial charge in [-0.25, -0.2) is 0 Å². The van der Waals surface area contributed by atoms with E-state index in [0.717, 1.165) is 32.2 Å². The van der Waals surface area contributed by atoms with E-state index in [4.69, 9.17) is 4.74 Å². The molecule has 1 atom stereocenters. The first-order valence-electron chi connectivity index (χ1n) is 5.95. The molecule has 1 rings (SSSR count). The first kappa shape index (κ1) is 13.0. The highest BCUT2D eigenvalue weighted by molar-refractivity contribution is 5.85. The Morgan fingerprint density at radius 2 is 2.44 bits per heavy atom. The molecule has 4 heteroatoms. The van der Waals surface area contributed by atoms with Crippen molar-refractivity contribution >= 4 is 5.91 Å². The summed E-state index contributed by atoms with van der Waals surface area (Å²) in [6, 6.07) is 0. The van der Waals surface area contributed by atoms with Gasteiger partial charge in [-0.2, -0.15) is 0 Å². The maximum Gasteiger partial charge on any atom is 0.240 e. The Morgan fingerprint density at radius 1 is 1.62 bits per heavy atom. The molecule has 1 amide bonds. The largest absolute Gasteiger partial charge is 0.502 e. The van der Waals surface area contributed by atoms with Gasteiger partial charge in [0.15, 0.2) is 0 Å². The van der Waals surface area contributed by atoms with Gasteiger partial charge < -0.3 is 15.4 Å². The third-order valence-electron chi connectivity index (χ3n) is 2.96. The van der Waals surface area contributed by atoms with E-state index in [1.54, 1.807) is 0 Å². The second-order valence-corrected chi connectivity index (χ2v) is 4.36. The summed E-state index contributed by atoms with van der Waals surface area (Å²) in [6.45, 7) is 7.63. The van der Waals surface area contributed by atoms with Crippen molar-refractivity contribution in [3.8, 4) is 0 Å². The van der Waals surface area contributed by atoms with Gasteiger partial charge in [0, 0.05) is 6.54 Å². The van der Waals surface area contributed by atoms with Gasteiger partial charge in [0.25, 0.3) is 0 Å². The number of carbonyl (C=O) groups excluding carboxylic acids is 1. The Hall–Kier alpha value is -1.03. The van der Waals surface area contributed by atoms with Crippen LogP contribution in [0.4, 0.5) is 0 Å². The molecular weight excluding hydrogens is 204 g/mol. The summed E-state index contributed by atoms with van der Waals surface area (Å²) >= 11 is 0. The Kier molecular flexibility index (Phi) is 5.32. The zero-order valence-electron chi connectivity index (χ0n) is 10.1. The van der Waals surface area contributed by atoms with Gasteiger partial charge in [0.2, 0.25) is 5.91 Å². The number of piperidine rings is 1. The third kappa shape index (κ3) is 3.85. The van der Waals surface area contributed by atoms with Crippen molar-refractivity contribution in [2.75, 3.05) is 19.7 Å². The van der Waals surface area contributed by atoms with Crippen molar-refractivity contribution in [2.45, 2.75) is 38.1 Å². The summed E-state index contributed by atoms with van der Waals surface area (Å²) in [6.07, 6.45) is 5.44. The van der Waals surface area contributed by atoms with Crippen LogP contribution in [-0.2, 0) is 9.53 Å². The monoisotopic (exact) mass is 226 g/mol. The molecule has 1 aliphatic rings. The van der Waals surface area contributed by atoms with E-state index in [2.05, 4.69) is 17.2 Å². The maximum atomic E-state index is 11.9. The number of rotatable bonds is 6. The van der Waals surface area contributed by atoms with Crippen molar-refractivity contribution in [2.24, 2.45) is 0 Å². The molecule has 0 aromatic rings. The summed E-state index contributed by atoms with van der Waals surface area (Å²) in [4.78, 5) is 11.9. The van der Waals surface area contributed by atoms with Crippen LogP contribution in [0.1, 0.15) is 32.6 Å². The molecule has 16 heavy (non-hydrogen) atoms. The highest BCUT2D eigenvalue weighted by atomic mass is 16.5. The van der Waals surface area contributed by atoms with Crippen LogP contribution >= 0.6 is 0 Å². The van der Waals surface area contributed by atoms with Gasteiger partial charge in [-0.05, 0) is 39.2 Å². The smallest absolute Gasteiger partial charge is 0.240 e. The van der Waals surface area contributed by atoms with E-state index in [9.17, 15) is 4.79 Å². The van der Waals surface area contributed by atoms with Crippen LogP contribution in [0.3, 0.4) is 0 Å². The molecule has 1 saturated heterocycles. The summed E-state index contributed by atoms with van der Waals surface area (Å²) in [5.41, 5.74) is -0.377. The Balaban J connectivity index is 2.20. The molecule has 0 aromatic carbocycles. The van der Waals surface area contributed by atoms with E-state index >= 15 is 0 Å². The lowest BCUT2D eigenvalue weighted by Crippen LogP contribution is -2.57. The predicted molar refractivity (Wildman–Crippen MR) is 64.0 cm³/mol. The van der Waals surface area contributed by atoms with Crippen LogP contribution in [0.25, 0.3) is 0 Å². The van der Waals surface area contributed by atoms with E-state index in [0.29, 0.717) is 13.2 Å². The molecule has 0 bridgehead atoms. The molecule has 0 radical (unpaired) electrons. The fourth-order valence-corrected chi connectivity index (χ4v) is 1.89. The molecule has 0 aromatic heterocycles. The molecule has 1 heterocycles. The van der Waals surface area contributed by atoms with Crippen LogP contribution in [0.5, 0.6) is 0 Å². The summed E-state index contributed by atoms with van der Waals surface area (Å²) in [5, 5.41) is 6.22. The topological polar surface area (TPSA) is 50.4 Å². The van der Waals surface area contributed by atoms with Crippen LogP contribution in [-0.4, -0.2) is 31.1 Å². The molecule has 92 valence electrons. The minimum Gasteiger partial charge on any atom is -0.502 e. The maximum absolute atomic E-state index is 11.9. The van der Waals surface area contributed by atoms with E-state index in [1.807, 2.05) is 6.92 Å². The van der Waals surface area contributed by atoms with Crippen LogP contribution in [0.2, 0.25) is 0 Å². The zero-order chi connectivity index (χ0) is 11.9. The highest BCUT2D eigenvalue weighted by Gasteiger charge is 2.33. The van der Waals surface area contributed by atoms with E-state index in [-0.39, 0.29) is 11.4 Å². The molecule has 0 aliphatic carbocycles. The standard InChI is InChI=1S/C12H22N2O2/c1-3-16-10-6-8-13-11(15)12(2)7-4-5-9-14-12/h3,14H,1,4-10H2,2H3,(H,13,15). The normalized spacial score (nSPS) is 24.8. The number of nitrogens with one attached hydrogen (secondary N) is 2. The fourth-order valence-electron chi connectivity index (χ4n) is 1.89. The lowest BCUT2D eigenvalue weighted by Gasteiger charge is -2.33. The van der Waals surface area contributed by atoms with Crippen LogP contribution in [0.15, 0.2) is 12.8 Å². The molecule has 1 fully saturated rings. The van der Waals surface area contributed by atoms with Gasteiger partial charge in [-0.15, -0.1) is 0 Å². The lowest BCUT2D eigenvalue weighted by molar-refractivity contribution is -0.127. The molecular formula is C12H22N2O2. The van der Waals surface area contributed by atoms with Crippen LogP contribution in [0, 0.1) is 0 Å².